The highest BCUT2D eigenvalue weighted by Gasteiger charge is 2.13. The summed E-state index contributed by atoms with van der Waals surface area (Å²) in [5.41, 5.74) is 2.84. The first-order valence-corrected chi connectivity index (χ1v) is 7.65. The first-order chi connectivity index (χ1) is 11.5. The molecular weight excluding hydrogens is 330 g/mol. The molecule has 0 fully saturated rings. The van der Waals surface area contributed by atoms with Gasteiger partial charge in [-0.05, 0) is 37.1 Å². The number of benzene rings is 1. The predicted octanol–water partition coefficient (Wildman–Crippen LogP) is 3.82. The monoisotopic (exact) mass is 343 g/mol. The topological polar surface area (TPSA) is 69.4 Å². The number of carbonyl (C=O) groups is 1. The molecule has 0 saturated heterocycles. The van der Waals surface area contributed by atoms with Gasteiger partial charge in [-0.25, -0.2) is 14.6 Å². The lowest BCUT2D eigenvalue weighted by atomic mass is 10.0. The van der Waals surface area contributed by atoms with Crippen molar-refractivity contribution in [3.8, 4) is 0 Å². The van der Waals surface area contributed by atoms with Gasteiger partial charge in [0.25, 0.3) is 0 Å². The molecule has 3 aromatic rings. The molecule has 0 aliphatic rings. The van der Waals surface area contributed by atoms with Crippen molar-refractivity contribution in [2.45, 2.75) is 20.5 Å². The highest BCUT2D eigenvalue weighted by Crippen LogP contribution is 2.23. The zero-order chi connectivity index (χ0) is 17.3. The van der Waals surface area contributed by atoms with Gasteiger partial charge < -0.3 is 9.15 Å². The van der Waals surface area contributed by atoms with Crippen molar-refractivity contribution in [3.63, 3.8) is 0 Å². The number of esters is 1. The normalized spacial score (nSPS) is 10.8. The molecule has 0 aliphatic carbocycles. The second kappa shape index (κ2) is 6.45. The molecule has 2 heterocycles. The van der Waals surface area contributed by atoms with E-state index in [1.807, 2.05) is 26.0 Å². The fourth-order valence-corrected chi connectivity index (χ4v) is 2.48. The Hall–Kier alpha value is -2.66. The van der Waals surface area contributed by atoms with Gasteiger partial charge in [0.15, 0.2) is 0 Å². The van der Waals surface area contributed by atoms with Crippen LogP contribution in [0.4, 0.5) is 0 Å². The Kier molecular flexibility index (Phi) is 4.36. The summed E-state index contributed by atoms with van der Waals surface area (Å²) in [6.07, 6.45) is 1.34. The van der Waals surface area contributed by atoms with Crippen LogP contribution in [0.25, 0.3) is 11.0 Å². The van der Waals surface area contributed by atoms with E-state index in [4.69, 9.17) is 20.8 Å². The summed E-state index contributed by atoms with van der Waals surface area (Å²) < 4.78 is 10.6. The largest absolute Gasteiger partial charge is 0.457 e. The van der Waals surface area contributed by atoms with Crippen LogP contribution in [0.3, 0.4) is 0 Å². The second-order valence-electron chi connectivity index (χ2n) is 5.42. The lowest BCUT2D eigenvalue weighted by Gasteiger charge is -2.09. The van der Waals surface area contributed by atoms with Crippen LogP contribution in [0.2, 0.25) is 5.15 Å². The van der Waals surface area contributed by atoms with E-state index in [1.165, 1.54) is 24.4 Å². The number of nitrogens with zero attached hydrogens (tertiary/aromatic N) is 1. The first-order valence-electron chi connectivity index (χ1n) is 7.27. The van der Waals surface area contributed by atoms with E-state index in [0.717, 1.165) is 16.5 Å². The number of hydrogen-bond acceptors (Lipinski definition) is 5. The highest BCUT2D eigenvalue weighted by molar-refractivity contribution is 6.29. The van der Waals surface area contributed by atoms with Gasteiger partial charge in [-0.3, -0.25) is 0 Å². The van der Waals surface area contributed by atoms with Gasteiger partial charge in [-0.2, -0.15) is 0 Å². The minimum absolute atomic E-state index is 0.0357. The maximum atomic E-state index is 12.1. The maximum absolute atomic E-state index is 12.1. The quantitative estimate of drug-likeness (QED) is 0.411. The number of rotatable bonds is 3. The summed E-state index contributed by atoms with van der Waals surface area (Å²) in [7, 11) is 0. The molecule has 0 spiro atoms. The van der Waals surface area contributed by atoms with Crippen LogP contribution < -0.4 is 5.63 Å². The molecule has 0 amide bonds. The summed E-state index contributed by atoms with van der Waals surface area (Å²) in [5, 5.41) is 1.05. The lowest BCUT2D eigenvalue weighted by Crippen LogP contribution is -2.08. The Bertz CT molecular complexity index is 977. The zero-order valence-corrected chi connectivity index (χ0v) is 13.9. The number of pyridine rings is 1. The maximum Gasteiger partial charge on any atom is 0.340 e. The Morgan fingerprint density at radius 1 is 1.25 bits per heavy atom. The van der Waals surface area contributed by atoms with Crippen LogP contribution in [0.5, 0.6) is 0 Å². The minimum Gasteiger partial charge on any atom is -0.457 e. The minimum atomic E-state index is -0.538. The van der Waals surface area contributed by atoms with E-state index in [1.54, 1.807) is 0 Å². The van der Waals surface area contributed by atoms with Crippen molar-refractivity contribution >= 4 is 28.5 Å². The molecule has 24 heavy (non-hydrogen) atoms. The SMILES string of the molecule is Cc1ccc2c(COC(=O)c3ccc(Cl)nc3)cc(=O)oc2c1C. The van der Waals surface area contributed by atoms with Crippen LogP contribution in [-0.4, -0.2) is 11.0 Å². The van der Waals surface area contributed by atoms with Gasteiger partial charge in [0.05, 0.1) is 5.56 Å². The van der Waals surface area contributed by atoms with Crippen LogP contribution in [-0.2, 0) is 11.3 Å². The average Bonchev–Trinajstić information content (AvgIpc) is 2.56. The lowest BCUT2D eigenvalue weighted by molar-refractivity contribution is 0.0473. The molecular formula is C18H14ClNO4. The second-order valence-corrected chi connectivity index (χ2v) is 5.81. The number of halogens is 1. The molecule has 1 aromatic carbocycles. The third kappa shape index (κ3) is 3.16. The molecule has 0 radical (unpaired) electrons. The molecule has 0 aliphatic heterocycles. The molecule has 6 heteroatoms. The summed E-state index contributed by atoms with van der Waals surface area (Å²) in [6, 6.07) is 8.17. The molecule has 0 unspecified atom stereocenters. The van der Waals surface area contributed by atoms with Gasteiger partial charge in [0.1, 0.15) is 17.3 Å². The average molecular weight is 344 g/mol. The molecule has 0 bridgehead atoms. The number of aryl methyl sites for hydroxylation is 2. The van der Waals surface area contributed by atoms with Gasteiger partial charge >= 0.3 is 11.6 Å². The summed E-state index contributed by atoms with van der Waals surface area (Å²) in [6.45, 7) is 3.79. The number of hydrogen-bond donors (Lipinski definition) is 0. The van der Waals surface area contributed by atoms with Crippen LogP contribution in [0.1, 0.15) is 27.0 Å². The van der Waals surface area contributed by atoms with Gasteiger partial charge in [-0.15, -0.1) is 0 Å². The van der Waals surface area contributed by atoms with E-state index >= 15 is 0 Å². The molecule has 5 nitrogen and oxygen atoms in total. The molecule has 122 valence electrons. The Balaban J connectivity index is 1.90. The predicted molar refractivity (Wildman–Crippen MR) is 90.3 cm³/mol. The van der Waals surface area contributed by atoms with Crippen LogP contribution in [0, 0.1) is 13.8 Å². The highest BCUT2D eigenvalue weighted by atomic mass is 35.5. The van der Waals surface area contributed by atoms with Crippen molar-refractivity contribution in [1.82, 2.24) is 4.98 Å². The number of carbonyl (C=O) groups excluding carboxylic acids is 1. The summed E-state index contributed by atoms with van der Waals surface area (Å²) >= 11 is 5.69. The van der Waals surface area contributed by atoms with Crippen molar-refractivity contribution in [3.05, 3.63) is 74.4 Å². The first kappa shape index (κ1) is 16.2. The number of ether oxygens (including phenoxy) is 1. The molecule has 2 aromatic heterocycles. The Morgan fingerprint density at radius 2 is 2.04 bits per heavy atom. The molecule has 0 N–H and O–H groups in total. The Labute approximate surface area is 142 Å². The summed E-state index contributed by atoms with van der Waals surface area (Å²) in [5.74, 6) is -0.538. The third-order valence-corrected chi connectivity index (χ3v) is 4.06. The molecule has 0 atom stereocenters. The number of fused-ring (bicyclic) bond motifs is 1. The van der Waals surface area contributed by atoms with E-state index in [2.05, 4.69) is 4.98 Å². The number of aromatic nitrogens is 1. The van der Waals surface area contributed by atoms with E-state index in [-0.39, 0.29) is 6.61 Å². The van der Waals surface area contributed by atoms with E-state index in [9.17, 15) is 9.59 Å². The summed E-state index contributed by atoms with van der Waals surface area (Å²) in [4.78, 5) is 27.7. The van der Waals surface area contributed by atoms with Gasteiger partial charge in [0, 0.05) is 23.2 Å². The van der Waals surface area contributed by atoms with Gasteiger partial charge in [-0.1, -0.05) is 23.7 Å². The fourth-order valence-electron chi connectivity index (χ4n) is 2.37. The van der Waals surface area contributed by atoms with E-state index in [0.29, 0.717) is 21.9 Å². The zero-order valence-electron chi connectivity index (χ0n) is 13.1. The van der Waals surface area contributed by atoms with Crippen LogP contribution >= 0.6 is 11.6 Å². The van der Waals surface area contributed by atoms with Gasteiger partial charge in [0.2, 0.25) is 0 Å². The Morgan fingerprint density at radius 3 is 2.75 bits per heavy atom. The van der Waals surface area contributed by atoms with Crippen LogP contribution in [0.15, 0.2) is 45.7 Å². The standard InChI is InChI=1S/C18H14ClNO4/c1-10-3-5-14-13(7-16(21)24-17(14)11(10)2)9-23-18(22)12-4-6-15(19)20-8-12/h3-8H,9H2,1-2H3. The third-order valence-electron chi connectivity index (χ3n) is 3.84. The van der Waals surface area contributed by atoms with Crippen molar-refractivity contribution in [1.29, 1.82) is 0 Å². The molecule has 0 saturated carbocycles. The van der Waals surface area contributed by atoms with Crippen molar-refractivity contribution < 1.29 is 13.9 Å². The van der Waals surface area contributed by atoms with Crippen molar-refractivity contribution in [2.24, 2.45) is 0 Å². The fraction of sp³-hybridized carbons (Fsp3) is 0.167. The molecule has 3 rings (SSSR count). The smallest absolute Gasteiger partial charge is 0.340 e. The van der Waals surface area contributed by atoms with Crippen molar-refractivity contribution in [2.75, 3.05) is 0 Å². The van der Waals surface area contributed by atoms with E-state index < -0.39 is 11.6 Å².